The van der Waals surface area contributed by atoms with E-state index >= 15 is 0 Å². The summed E-state index contributed by atoms with van der Waals surface area (Å²) in [5.41, 5.74) is 2.10. The number of hydrogen-bond acceptors (Lipinski definition) is 4. The molecular formula is C14H21N5. The van der Waals surface area contributed by atoms with Crippen LogP contribution in [0.2, 0.25) is 0 Å². The molecule has 1 atom stereocenters. The highest BCUT2D eigenvalue weighted by molar-refractivity contribution is 5.50. The van der Waals surface area contributed by atoms with Gasteiger partial charge in [-0.15, -0.1) is 5.10 Å². The molecular weight excluding hydrogens is 238 g/mol. The van der Waals surface area contributed by atoms with Crippen molar-refractivity contribution in [1.82, 2.24) is 19.9 Å². The second kappa shape index (κ2) is 5.17. The van der Waals surface area contributed by atoms with Gasteiger partial charge in [0.15, 0.2) is 5.65 Å². The Morgan fingerprint density at radius 2 is 2.37 bits per heavy atom. The molecule has 5 nitrogen and oxygen atoms in total. The van der Waals surface area contributed by atoms with Gasteiger partial charge in [0.2, 0.25) is 5.95 Å². The molecule has 0 amide bonds. The molecule has 1 unspecified atom stereocenters. The normalized spacial score (nSPS) is 19.8. The zero-order valence-electron chi connectivity index (χ0n) is 11.6. The Bertz CT molecular complexity index is 556. The number of rotatable bonds is 3. The lowest BCUT2D eigenvalue weighted by molar-refractivity contribution is 0.402. The lowest BCUT2D eigenvalue weighted by Gasteiger charge is -2.27. The molecule has 2 aromatic heterocycles. The molecule has 0 spiro atoms. The first-order valence-electron chi connectivity index (χ1n) is 7.00. The molecule has 19 heavy (non-hydrogen) atoms. The standard InChI is InChI=1S/C14H21N5/c1-11-6-5-9-19-13(11)16-14(17-19)18(2)10-12-7-3-4-8-15-12/h5-6,9,12,15H,3-4,7-8,10H2,1-2H3. The van der Waals surface area contributed by atoms with Gasteiger partial charge in [0.05, 0.1) is 0 Å². The van der Waals surface area contributed by atoms with Crippen molar-refractivity contribution in [3.8, 4) is 0 Å². The summed E-state index contributed by atoms with van der Waals surface area (Å²) >= 11 is 0. The molecule has 0 radical (unpaired) electrons. The molecule has 0 aromatic carbocycles. The van der Waals surface area contributed by atoms with Gasteiger partial charge in [-0.25, -0.2) is 4.52 Å². The molecule has 1 aliphatic rings. The van der Waals surface area contributed by atoms with Crippen LogP contribution in [0.1, 0.15) is 24.8 Å². The van der Waals surface area contributed by atoms with Crippen LogP contribution < -0.4 is 10.2 Å². The SMILES string of the molecule is Cc1cccn2nc(N(C)CC3CCCCN3)nc12. The first-order chi connectivity index (χ1) is 9.24. The predicted molar refractivity (Wildman–Crippen MR) is 76.6 cm³/mol. The smallest absolute Gasteiger partial charge is 0.245 e. The van der Waals surface area contributed by atoms with Crippen molar-refractivity contribution < 1.29 is 0 Å². The Balaban J connectivity index is 1.77. The van der Waals surface area contributed by atoms with Gasteiger partial charge in [0.1, 0.15) is 0 Å². The van der Waals surface area contributed by atoms with Crippen LogP contribution in [0.25, 0.3) is 5.65 Å². The van der Waals surface area contributed by atoms with E-state index in [0.717, 1.165) is 30.2 Å². The number of hydrogen-bond donors (Lipinski definition) is 1. The van der Waals surface area contributed by atoms with Crippen molar-refractivity contribution in [2.24, 2.45) is 0 Å². The van der Waals surface area contributed by atoms with E-state index in [1.54, 1.807) is 0 Å². The maximum Gasteiger partial charge on any atom is 0.245 e. The van der Waals surface area contributed by atoms with E-state index in [-0.39, 0.29) is 0 Å². The zero-order valence-corrected chi connectivity index (χ0v) is 11.6. The molecule has 0 aliphatic carbocycles. The lowest BCUT2D eigenvalue weighted by atomic mass is 10.1. The largest absolute Gasteiger partial charge is 0.341 e. The van der Waals surface area contributed by atoms with Crippen LogP contribution in [0.3, 0.4) is 0 Å². The van der Waals surface area contributed by atoms with Gasteiger partial charge in [0.25, 0.3) is 0 Å². The van der Waals surface area contributed by atoms with Crippen LogP contribution in [0.5, 0.6) is 0 Å². The third-order valence-corrected chi connectivity index (χ3v) is 3.79. The Labute approximate surface area is 113 Å². The maximum absolute atomic E-state index is 4.63. The monoisotopic (exact) mass is 259 g/mol. The van der Waals surface area contributed by atoms with E-state index in [9.17, 15) is 0 Å². The minimum absolute atomic E-state index is 0.562. The van der Waals surface area contributed by atoms with Gasteiger partial charge in [-0.05, 0) is 37.9 Å². The van der Waals surface area contributed by atoms with Crippen LogP contribution in [0.4, 0.5) is 5.95 Å². The third kappa shape index (κ3) is 2.56. The fourth-order valence-corrected chi connectivity index (χ4v) is 2.68. The van der Waals surface area contributed by atoms with Gasteiger partial charge in [-0.1, -0.05) is 12.5 Å². The fourth-order valence-electron chi connectivity index (χ4n) is 2.68. The van der Waals surface area contributed by atoms with E-state index in [1.807, 2.05) is 16.8 Å². The van der Waals surface area contributed by atoms with Crippen LogP contribution in [0.15, 0.2) is 18.3 Å². The van der Waals surface area contributed by atoms with Crippen molar-refractivity contribution in [3.05, 3.63) is 23.9 Å². The molecule has 5 heteroatoms. The highest BCUT2D eigenvalue weighted by atomic mass is 15.4. The zero-order chi connectivity index (χ0) is 13.2. The highest BCUT2D eigenvalue weighted by Gasteiger charge is 2.17. The van der Waals surface area contributed by atoms with Crippen LogP contribution in [0, 0.1) is 6.92 Å². The average molecular weight is 259 g/mol. The second-order valence-corrected chi connectivity index (χ2v) is 5.40. The van der Waals surface area contributed by atoms with Crippen molar-refractivity contribution in [3.63, 3.8) is 0 Å². The van der Waals surface area contributed by atoms with Crippen molar-refractivity contribution in [2.45, 2.75) is 32.2 Å². The van der Waals surface area contributed by atoms with Crippen LogP contribution in [-0.4, -0.2) is 40.8 Å². The van der Waals surface area contributed by atoms with Crippen LogP contribution >= 0.6 is 0 Å². The highest BCUT2D eigenvalue weighted by Crippen LogP contribution is 2.14. The summed E-state index contributed by atoms with van der Waals surface area (Å²) in [7, 11) is 2.07. The topological polar surface area (TPSA) is 45.5 Å². The summed E-state index contributed by atoms with van der Waals surface area (Å²) in [6.45, 7) is 4.17. The molecule has 3 rings (SSSR count). The number of likely N-dealkylation sites (N-methyl/N-ethyl adjacent to an activating group) is 1. The quantitative estimate of drug-likeness (QED) is 0.909. The summed E-state index contributed by atoms with van der Waals surface area (Å²) in [5.74, 6) is 0.807. The number of anilines is 1. The Morgan fingerprint density at radius 3 is 3.11 bits per heavy atom. The van der Waals surface area contributed by atoms with E-state index in [1.165, 1.54) is 19.3 Å². The van der Waals surface area contributed by atoms with Crippen molar-refractivity contribution in [2.75, 3.05) is 25.0 Å². The van der Waals surface area contributed by atoms with Gasteiger partial charge in [0, 0.05) is 25.8 Å². The molecule has 0 saturated carbocycles. The second-order valence-electron chi connectivity index (χ2n) is 5.40. The van der Waals surface area contributed by atoms with Crippen LogP contribution in [-0.2, 0) is 0 Å². The van der Waals surface area contributed by atoms with Gasteiger partial charge in [-0.3, -0.25) is 0 Å². The summed E-state index contributed by atoms with van der Waals surface area (Å²) in [4.78, 5) is 6.78. The Morgan fingerprint density at radius 1 is 1.47 bits per heavy atom. The number of fused-ring (bicyclic) bond motifs is 1. The first-order valence-corrected chi connectivity index (χ1v) is 7.00. The summed E-state index contributed by atoms with van der Waals surface area (Å²) < 4.78 is 1.86. The predicted octanol–water partition coefficient (Wildman–Crippen LogP) is 1.62. The summed E-state index contributed by atoms with van der Waals surface area (Å²) in [6.07, 6.45) is 5.82. The number of pyridine rings is 1. The fraction of sp³-hybridized carbons (Fsp3) is 0.571. The van der Waals surface area contributed by atoms with E-state index in [0.29, 0.717) is 6.04 Å². The summed E-state index contributed by atoms with van der Waals surface area (Å²) in [6, 6.07) is 4.63. The minimum atomic E-state index is 0.562. The number of aryl methyl sites for hydroxylation is 1. The molecule has 1 N–H and O–H groups in total. The number of nitrogens with one attached hydrogen (secondary N) is 1. The van der Waals surface area contributed by atoms with Gasteiger partial charge >= 0.3 is 0 Å². The molecule has 102 valence electrons. The summed E-state index contributed by atoms with van der Waals surface area (Å²) in [5, 5.41) is 8.10. The molecule has 3 heterocycles. The van der Waals surface area contributed by atoms with E-state index < -0.39 is 0 Å². The third-order valence-electron chi connectivity index (χ3n) is 3.79. The minimum Gasteiger partial charge on any atom is -0.341 e. The van der Waals surface area contributed by atoms with Crippen molar-refractivity contribution in [1.29, 1.82) is 0 Å². The van der Waals surface area contributed by atoms with Gasteiger partial charge in [-0.2, -0.15) is 4.98 Å². The average Bonchev–Trinajstić information content (AvgIpc) is 2.85. The lowest BCUT2D eigenvalue weighted by Crippen LogP contribution is -2.42. The van der Waals surface area contributed by atoms with Crippen molar-refractivity contribution >= 4 is 11.6 Å². The Hall–Kier alpha value is -1.62. The molecule has 0 bridgehead atoms. The van der Waals surface area contributed by atoms with E-state index in [4.69, 9.17) is 0 Å². The van der Waals surface area contributed by atoms with Gasteiger partial charge < -0.3 is 10.2 Å². The Kier molecular flexibility index (Phi) is 3.38. The molecule has 2 aromatic rings. The molecule has 1 fully saturated rings. The number of aromatic nitrogens is 3. The van der Waals surface area contributed by atoms with E-state index in [2.05, 4.69) is 40.3 Å². The first kappa shape index (κ1) is 12.4. The number of nitrogens with zero attached hydrogens (tertiary/aromatic N) is 4. The molecule has 1 saturated heterocycles. The maximum atomic E-state index is 4.63. The molecule has 1 aliphatic heterocycles. The number of piperidine rings is 1.